The number of carbonyl (C=O) groups excluding carboxylic acids is 1. The van der Waals surface area contributed by atoms with Gasteiger partial charge in [0.05, 0.1) is 17.7 Å². The van der Waals surface area contributed by atoms with Crippen molar-refractivity contribution in [2.45, 2.75) is 6.04 Å². The van der Waals surface area contributed by atoms with E-state index in [0.29, 0.717) is 17.7 Å². The standard InChI is InChI=1S/C17H20N4O/c1-20(2)16(15-8-5-9-21(15)3)12-19-17(22)14-7-4-6-13(10-14)11-18/h4-10,16H,12H2,1-3H3,(H,19,22)/t16-/m0/s1. The van der Waals surface area contributed by atoms with Gasteiger partial charge < -0.3 is 9.88 Å². The summed E-state index contributed by atoms with van der Waals surface area (Å²) < 4.78 is 2.05. The molecule has 1 atom stereocenters. The average Bonchev–Trinajstić information content (AvgIpc) is 2.93. The molecule has 0 spiro atoms. The van der Waals surface area contributed by atoms with Gasteiger partial charge in [-0.05, 0) is 44.4 Å². The summed E-state index contributed by atoms with van der Waals surface area (Å²) in [6.07, 6.45) is 1.99. The van der Waals surface area contributed by atoms with Crippen LogP contribution in [-0.2, 0) is 7.05 Å². The Labute approximate surface area is 130 Å². The first kappa shape index (κ1) is 15.8. The van der Waals surface area contributed by atoms with E-state index in [1.807, 2.05) is 50.1 Å². The van der Waals surface area contributed by atoms with Gasteiger partial charge >= 0.3 is 0 Å². The van der Waals surface area contributed by atoms with Crippen LogP contribution in [0.4, 0.5) is 0 Å². The van der Waals surface area contributed by atoms with E-state index < -0.39 is 0 Å². The zero-order chi connectivity index (χ0) is 16.1. The number of aryl methyl sites for hydroxylation is 1. The molecule has 0 aliphatic rings. The third-order valence-electron chi connectivity index (χ3n) is 3.66. The average molecular weight is 296 g/mol. The van der Waals surface area contributed by atoms with Gasteiger partial charge in [-0.3, -0.25) is 9.69 Å². The Balaban J connectivity index is 2.08. The Bertz CT molecular complexity index is 697. The summed E-state index contributed by atoms with van der Waals surface area (Å²) in [6.45, 7) is 0.500. The summed E-state index contributed by atoms with van der Waals surface area (Å²) in [5, 5.41) is 11.8. The van der Waals surface area contributed by atoms with Crippen molar-refractivity contribution in [2.24, 2.45) is 7.05 Å². The Hall–Kier alpha value is -2.58. The molecule has 1 N–H and O–H groups in total. The molecule has 0 radical (unpaired) electrons. The third-order valence-corrected chi connectivity index (χ3v) is 3.66. The van der Waals surface area contributed by atoms with Crippen LogP contribution in [-0.4, -0.2) is 36.0 Å². The van der Waals surface area contributed by atoms with Crippen LogP contribution in [0.15, 0.2) is 42.6 Å². The van der Waals surface area contributed by atoms with Crippen LogP contribution in [0.25, 0.3) is 0 Å². The van der Waals surface area contributed by atoms with E-state index in [9.17, 15) is 4.79 Å². The molecule has 0 unspecified atom stereocenters. The van der Waals surface area contributed by atoms with Crippen molar-refractivity contribution < 1.29 is 4.79 Å². The van der Waals surface area contributed by atoms with E-state index in [1.165, 1.54) is 0 Å². The molecular formula is C17H20N4O. The van der Waals surface area contributed by atoms with Gasteiger partial charge in [0, 0.05) is 31.0 Å². The van der Waals surface area contributed by atoms with E-state index in [4.69, 9.17) is 5.26 Å². The Kier molecular flexibility index (Phi) is 4.97. The van der Waals surface area contributed by atoms with Gasteiger partial charge in [-0.2, -0.15) is 5.26 Å². The molecule has 0 fully saturated rings. The lowest BCUT2D eigenvalue weighted by Crippen LogP contribution is -2.35. The van der Waals surface area contributed by atoms with Crippen LogP contribution in [0.5, 0.6) is 0 Å². The fraction of sp³-hybridized carbons (Fsp3) is 0.294. The molecule has 1 amide bonds. The highest BCUT2D eigenvalue weighted by Crippen LogP contribution is 2.17. The zero-order valence-corrected chi connectivity index (χ0v) is 13.1. The summed E-state index contributed by atoms with van der Waals surface area (Å²) in [7, 11) is 5.96. The van der Waals surface area contributed by atoms with Crippen LogP contribution in [0.1, 0.15) is 27.7 Å². The van der Waals surface area contributed by atoms with Crippen LogP contribution in [0.2, 0.25) is 0 Å². The van der Waals surface area contributed by atoms with E-state index >= 15 is 0 Å². The maximum absolute atomic E-state index is 12.2. The molecule has 2 rings (SSSR count). The van der Waals surface area contributed by atoms with Gasteiger partial charge in [-0.15, -0.1) is 0 Å². The first-order valence-corrected chi connectivity index (χ1v) is 7.09. The summed E-state index contributed by atoms with van der Waals surface area (Å²) in [6, 6.07) is 12.9. The second-order valence-electron chi connectivity index (χ2n) is 5.43. The second-order valence-corrected chi connectivity index (χ2v) is 5.43. The number of carbonyl (C=O) groups is 1. The largest absolute Gasteiger partial charge is 0.353 e. The topological polar surface area (TPSA) is 61.1 Å². The molecule has 1 aromatic carbocycles. The Morgan fingerprint density at radius 1 is 1.36 bits per heavy atom. The summed E-state index contributed by atoms with van der Waals surface area (Å²) in [4.78, 5) is 14.3. The number of nitriles is 1. The first-order chi connectivity index (χ1) is 10.5. The quantitative estimate of drug-likeness (QED) is 0.917. The summed E-state index contributed by atoms with van der Waals surface area (Å²) in [5.74, 6) is -0.168. The van der Waals surface area contributed by atoms with E-state index in [0.717, 1.165) is 5.69 Å². The van der Waals surface area contributed by atoms with Crippen molar-refractivity contribution in [3.63, 3.8) is 0 Å². The minimum absolute atomic E-state index is 0.0862. The highest BCUT2D eigenvalue weighted by molar-refractivity contribution is 5.94. The SMILES string of the molecule is CN(C)[C@@H](CNC(=O)c1cccc(C#N)c1)c1cccn1C. The third kappa shape index (κ3) is 3.54. The smallest absolute Gasteiger partial charge is 0.251 e. The molecule has 1 aromatic heterocycles. The molecule has 0 bridgehead atoms. The van der Waals surface area contributed by atoms with Crippen molar-refractivity contribution >= 4 is 5.91 Å². The van der Waals surface area contributed by atoms with E-state index in [2.05, 4.69) is 10.2 Å². The van der Waals surface area contributed by atoms with Gasteiger partial charge in [0.1, 0.15) is 0 Å². The van der Waals surface area contributed by atoms with Crippen molar-refractivity contribution in [3.05, 3.63) is 59.4 Å². The van der Waals surface area contributed by atoms with Gasteiger partial charge in [0.25, 0.3) is 5.91 Å². The van der Waals surface area contributed by atoms with E-state index in [-0.39, 0.29) is 11.9 Å². The maximum Gasteiger partial charge on any atom is 0.251 e. The highest BCUT2D eigenvalue weighted by Gasteiger charge is 2.18. The van der Waals surface area contributed by atoms with Crippen LogP contribution < -0.4 is 5.32 Å². The molecule has 5 heteroatoms. The normalized spacial score (nSPS) is 12.0. The number of hydrogen-bond acceptors (Lipinski definition) is 3. The minimum atomic E-state index is -0.168. The lowest BCUT2D eigenvalue weighted by molar-refractivity contribution is 0.0941. The van der Waals surface area contributed by atoms with E-state index in [1.54, 1.807) is 24.3 Å². The molecular weight excluding hydrogens is 276 g/mol. The summed E-state index contributed by atoms with van der Waals surface area (Å²) in [5.41, 5.74) is 2.12. The number of benzene rings is 1. The van der Waals surface area contributed by atoms with Gasteiger partial charge in [0.2, 0.25) is 0 Å². The van der Waals surface area contributed by atoms with Crippen molar-refractivity contribution in [2.75, 3.05) is 20.6 Å². The molecule has 2 aromatic rings. The van der Waals surface area contributed by atoms with Gasteiger partial charge in [-0.25, -0.2) is 0 Å². The maximum atomic E-state index is 12.2. The number of nitrogens with one attached hydrogen (secondary N) is 1. The predicted octanol–water partition coefficient (Wildman–Crippen LogP) is 1.93. The fourth-order valence-electron chi connectivity index (χ4n) is 2.39. The van der Waals surface area contributed by atoms with Crippen molar-refractivity contribution in [1.82, 2.24) is 14.8 Å². The number of likely N-dealkylation sites (N-methyl/N-ethyl adjacent to an activating group) is 1. The number of hydrogen-bond donors (Lipinski definition) is 1. The lowest BCUT2D eigenvalue weighted by Gasteiger charge is -2.25. The molecule has 0 saturated heterocycles. The number of aromatic nitrogens is 1. The van der Waals surface area contributed by atoms with Gasteiger partial charge in [0.15, 0.2) is 0 Å². The first-order valence-electron chi connectivity index (χ1n) is 7.09. The van der Waals surface area contributed by atoms with Gasteiger partial charge in [-0.1, -0.05) is 6.07 Å². The number of rotatable bonds is 5. The molecule has 0 saturated carbocycles. The van der Waals surface area contributed by atoms with Crippen LogP contribution in [0.3, 0.4) is 0 Å². The van der Waals surface area contributed by atoms with Crippen molar-refractivity contribution in [1.29, 1.82) is 5.26 Å². The zero-order valence-electron chi connectivity index (χ0n) is 13.1. The second kappa shape index (κ2) is 6.92. The fourth-order valence-corrected chi connectivity index (χ4v) is 2.39. The lowest BCUT2D eigenvalue weighted by atomic mass is 10.1. The number of nitrogens with zero attached hydrogens (tertiary/aromatic N) is 3. The van der Waals surface area contributed by atoms with Crippen molar-refractivity contribution in [3.8, 4) is 6.07 Å². The van der Waals surface area contributed by atoms with Crippen LogP contribution >= 0.6 is 0 Å². The molecule has 1 heterocycles. The number of amides is 1. The Morgan fingerprint density at radius 2 is 2.14 bits per heavy atom. The molecule has 0 aliphatic heterocycles. The molecule has 114 valence electrons. The minimum Gasteiger partial charge on any atom is -0.353 e. The Morgan fingerprint density at radius 3 is 2.73 bits per heavy atom. The molecule has 5 nitrogen and oxygen atoms in total. The molecule has 22 heavy (non-hydrogen) atoms. The molecule has 0 aliphatic carbocycles. The monoisotopic (exact) mass is 296 g/mol. The summed E-state index contributed by atoms with van der Waals surface area (Å²) >= 11 is 0. The highest BCUT2D eigenvalue weighted by atomic mass is 16.1. The predicted molar refractivity (Wildman–Crippen MR) is 85.3 cm³/mol. The van der Waals surface area contributed by atoms with Crippen LogP contribution in [0, 0.1) is 11.3 Å².